The van der Waals surface area contributed by atoms with Crippen LogP contribution >= 0.6 is 15.9 Å². The van der Waals surface area contributed by atoms with Crippen molar-refractivity contribution >= 4 is 21.8 Å². The van der Waals surface area contributed by atoms with Crippen molar-refractivity contribution in [3.8, 4) is 0 Å². The quantitative estimate of drug-likeness (QED) is 0.872. The van der Waals surface area contributed by atoms with Crippen molar-refractivity contribution in [1.82, 2.24) is 4.90 Å². The van der Waals surface area contributed by atoms with Gasteiger partial charge in [-0.3, -0.25) is 4.79 Å². The van der Waals surface area contributed by atoms with Crippen LogP contribution in [0.1, 0.15) is 29.6 Å². The van der Waals surface area contributed by atoms with Crippen LogP contribution in [-0.4, -0.2) is 30.0 Å². The maximum absolute atomic E-state index is 12.5. The number of rotatable bonds is 3. The lowest BCUT2D eigenvalue weighted by Crippen LogP contribution is -2.46. The van der Waals surface area contributed by atoms with Crippen molar-refractivity contribution in [2.45, 2.75) is 25.3 Å². The lowest BCUT2D eigenvalue weighted by atomic mass is 10.0. The van der Waals surface area contributed by atoms with Gasteiger partial charge in [0.05, 0.1) is 18.2 Å². The van der Waals surface area contributed by atoms with E-state index < -0.39 is 0 Å². The fourth-order valence-electron chi connectivity index (χ4n) is 2.34. The molecular weight excluding hydrogens is 296 g/mol. The molecule has 0 aliphatic carbocycles. The minimum Gasteiger partial charge on any atom is -0.333 e. The first-order valence-corrected chi connectivity index (χ1v) is 6.90. The zero-order valence-corrected chi connectivity index (χ0v) is 11.7. The van der Waals surface area contributed by atoms with Crippen LogP contribution in [0.2, 0.25) is 0 Å². The third-order valence-electron chi connectivity index (χ3n) is 3.28. The molecule has 2 N–H and O–H groups in total. The van der Waals surface area contributed by atoms with E-state index in [4.69, 9.17) is 10.7 Å². The van der Waals surface area contributed by atoms with Gasteiger partial charge in [-0.2, -0.15) is 0 Å². The number of carbonyl (C=O) groups excluding carboxylic acids is 1. The summed E-state index contributed by atoms with van der Waals surface area (Å²) >= 11 is 3.42. The van der Waals surface area contributed by atoms with Crippen molar-refractivity contribution in [3.05, 3.63) is 34.3 Å². The first kappa shape index (κ1) is 13.5. The number of benzene rings is 1. The van der Waals surface area contributed by atoms with Gasteiger partial charge in [0.2, 0.25) is 0 Å². The third-order valence-corrected chi connectivity index (χ3v) is 3.97. The van der Waals surface area contributed by atoms with E-state index in [0.29, 0.717) is 12.2 Å². The molecule has 1 fully saturated rings. The van der Waals surface area contributed by atoms with Gasteiger partial charge in [-0.25, -0.2) is 5.90 Å². The first-order valence-electron chi connectivity index (χ1n) is 6.11. The summed E-state index contributed by atoms with van der Waals surface area (Å²) in [5, 5.41) is 0. The van der Waals surface area contributed by atoms with Crippen molar-refractivity contribution < 1.29 is 9.63 Å². The summed E-state index contributed by atoms with van der Waals surface area (Å²) < 4.78 is 0.827. The average molecular weight is 313 g/mol. The molecule has 98 valence electrons. The summed E-state index contributed by atoms with van der Waals surface area (Å²) in [6.45, 7) is 1.17. The van der Waals surface area contributed by atoms with Gasteiger partial charge < -0.3 is 9.74 Å². The highest BCUT2D eigenvalue weighted by atomic mass is 79.9. The molecule has 1 atom stereocenters. The standard InChI is InChI=1S/C13H17BrN2O2/c14-12-7-2-1-6-11(12)13(17)16-8-4-3-5-10(16)9-18-15/h1-2,6-7,10H,3-5,8-9,15H2. The number of amides is 1. The van der Waals surface area contributed by atoms with Crippen molar-refractivity contribution in [1.29, 1.82) is 0 Å². The summed E-state index contributed by atoms with van der Waals surface area (Å²) in [5.41, 5.74) is 0.696. The predicted octanol–water partition coefficient (Wildman–Crippen LogP) is 2.33. The molecule has 0 saturated carbocycles. The molecule has 1 heterocycles. The fraction of sp³-hybridized carbons (Fsp3) is 0.462. The van der Waals surface area contributed by atoms with Gasteiger partial charge >= 0.3 is 0 Å². The van der Waals surface area contributed by atoms with Crippen LogP contribution in [0.5, 0.6) is 0 Å². The van der Waals surface area contributed by atoms with Gasteiger partial charge in [0.1, 0.15) is 0 Å². The van der Waals surface area contributed by atoms with E-state index in [0.717, 1.165) is 30.3 Å². The Morgan fingerprint density at radius 2 is 2.22 bits per heavy atom. The lowest BCUT2D eigenvalue weighted by molar-refractivity contribution is 0.0313. The molecule has 1 aromatic rings. The van der Waals surface area contributed by atoms with Crippen LogP contribution in [0.15, 0.2) is 28.7 Å². The molecule has 0 aromatic heterocycles. The Morgan fingerprint density at radius 3 is 2.94 bits per heavy atom. The van der Waals surface area contributed by atoms with E-state index in [1.165, 1.54) is 0 Å². The predicted molar refractivity (Wildman–Crippen MR) is 73.0 cm³/mol. The van der Waals surface area contributed by atoms with Gasteiger partial charge in [-0.1, -0.05) is 12.1 Å². The van der Waals surface area contributed by atoms with Crippen LogP contribution in [0, 0.1) is 0 Å². The zero-order chi connectivity index (χ0) is 13.0. The summed E-state index contributed by atoms with van der Waals surface area (Å²) in [6, 6.07) is 7.57. The fourth-order valence-corrected chi connectivity index (χ4v) is 2.80. The molecule has 1 aliphatic rings. The average Bonchev–Trinajstić information content (AvgIpc) is 2.40. The molecule has 4 nitrogen and oxygen atoms in total. The summed E-state index contributed by atoms with van der Waals surface area (Å²) in [5.74, 6) is 5.19. The Kier molecular flexibility index (Phi) is 4.74. The molecular formula is C13H17BrN2O2. The Balaban J connectivity index is 2.18. The number of nitrogens with two attached hydrogens (primary N) is 1. The topological polar surface area (TPSA) is 55.6 Å². The number of carbonyl (C=O) groups is 1. The molecule has 5 heteroatoms. The first-order chi connectivity index (χ1) is 8.74. The van der Waals surface area contributed by atoms with Gasteiger partial charge in [0.15, 0.2) is 0 Å². The maximum Gasteiger partial charge on any atom is 0.255 e. The molecule has 0 spiro atoms. The van der Waals surface area contributed by atoms with Crippen LogP contribution < -0.4 is 5.90 Å². The zero-order valence-electron chi connectivity index (χ0n) is 10.1. The number of hydrogen-bond donors (Lipinski definition) is 1. The Labute approximate surface area is 115 Å². The van der Waals surface area contributed by atoms with E-state index in [2.05, 4.69) is 15.9 Å². The Hall–Kier alpha value is -0.910. The van der Waals surface area contributed by atoms with Crippen molar-refractivity contribution in [3.63, 3.8) is 0 Å². The van der Waals surface area contributed by atoms with Crippen molar-refractivity contribution in [2.75, 3.05) is 13.2 Å². The van der Waals surface area contributed by atoms with Gasteiger partial charge in [0.25, 0.3) is 5.91 Å². The Morgan fingerprint density at radius 1 is 1.44 bits per heavy atom. The SMILES string of the molecule is NOCC1CCCCN1C(=O)c1ccccc1Br. The second-order valence-corrected chi connectivity index (χ2v) is 5.32. The molecule has 1 aliphatic heterocycles. The van der Waals surface area contributed by atoms with E-state index in [1.807, 2.05) is 29.2 Å². The van der Waals surface area contributed by atoms with E-state index >= 15 is 0 Å². The molecule has 1 saturated heterocycles. The molecule has 0 bridgehead atoms. The number of piperidine rings is 1. The summed E-state index contributed by atoms with van der Waals surface area (Å²) in [6.07, 6.45) is 3.11. The highest BCUT2D eigenvalue weighted by molar-refractivity contribution is 9.10. The van der Waals surface area contributed by atoms with E-state index in [-0.39, 0.29) is 11.9 Å². The molecule has 18 heavy (non-hydrogen) atoms. The minimum absolute atomic E-state index is 0.0456. The van der Waals surface area contributed by atoms with Crippen LogP contribution in [0.25, 0.3) is 0 Å². The molecule has 1 aromatic carbocycles. The van der Waals surface area contributed by atoms with Gasteiger partial charge in [-0.15, -0.1) is 0 Å². The van der Waals surface area contributed by atoms with Crippen molar-refractivity contribution in [2.24, 2.45) is 5.90 Å². The van der Waals surface area contributed by atoms with Crippen LogP contribution in [0.4, 0.5) is 0 Å². The number of likely N-dealkylation sites (tertiary alicyclic amines) is 1. The molecule has 2 rings (SSSR count). The second-order valence-electron chi connectivity index (χ2n) is 4.46. The largest absolute Gasteiger partial charge is 0.333 e. The lowest BCUT2D eigenvalue weighted by Gasteiger charge is -2.35. The second kappa shape index (κ2) is 6.31. The highest BCUT2D eigenvalue weighted by Crippen LogP contribution is 2.23. The Bertz CT molecular complexity index is 423. The van der Waals surface area contributed by atoms with E-state index in [9.17, 15) is 4.79 Å². The number of hydrogen-bond acceptors (Lipinski definition) is 3. The third kappa shape index (κ3) is 2.91. The van der Waals surface area contributed by atoms with Gasteiger partial charge in [-0.05, 0) is 47.3 Å². The molecule has 0 radical (unpaired) electrons. The summed E-state index contributed by atoms with van der Waals surface area (Å²) in [4.78, 5) is 19.1. The number of nitrogens with zero attached hydrogens (tertiary/aromatic N) is 1. The number of halogens is 1. The van der Waals surface area contributed by atoms with Crippen LogP contribution in [0.3, 0.4) is 0 Å². The summed E-state index contributed by atoms with van der Waals surface area (Å²) in [7, 11) is 0. The minimum atomic E-state index is 0.0456. The normalized spacial score (nSPS) is 19.9. The van der Waals surface area contributed by atoms with Crippen LogP contribution in [-0.2, 0) is 4.84 Å². The molecule has 1 unspecified atom stereocenters. The smallest absolute Gasteiger partial charge is 0.255 e. The van der Waals surface area contributed by atoms with E-state index in [1.54, 1.807) is 0 Å². The monoisotopic (exact) mass is 312 g/mol. The molecule has 1 amide bonds. The van der Waals surface area contributed by atoms with Gasteiger partial charge in [0, 0.05) is 11.0 Å². The highest BCUT2D eigenvalue weighted by Gasteiger charge is 2.28. The maximum atomic E-state index is 12.5.